The molecule has 0 saturated carbocycles. The highest BCUT2D eigenvalue weighted by molar-refractivity contribution is 7.10. The topological polar surface area (TPSA) is 3.24 Å². The third kappa shape index (κ3) is 2.82. The van der Waals surface area contributed by atoms with E-state index in [4.69, 9.17) is 23.2 Å². The van der Waals surface area contributed by atoms with Gasteiger partial charge in [0.1, 0.15) is 0 Å². The van der Waals surface area contributed by atoms with Crippen molar-refractivity contribution in [3.63, 3.8) is 0 Å². The Morgan fingerprint density at radius 1 is 1.33 bits per heavy atom. The van der Waals surface area contributed by atoms with E-state index < -0.39 is 0 Å². The second kappa shape index (κ2) is 5.96. The first-order chi connectivity index (χ1) is 8.63. The third-order valence-corrected chi connectivity index (χ3v) is 4.67. The Hall–Kier alpha value is -0.700. The van der Waals surface area contributed by atoms with E-state index in [0.29, 0.717) is 11.9 Å². The van der Waals surface area contributed by atoms with Crippen molar-refractivity contribution in [3.8, 4) is 0 Å². The first-order valence-corrected chi connectivity index (χ1v) is 7.53. The average Bonchev–Trinajstić information content (AvgIpc) is 2.90. The minimum atomic E-state index is 0.311. The Morgan fingerprint density at radius 3 is 2.72 bits per heavy atom. The summed E-state index contributed by atoms with van der Waals surface area (Å²) in [6.07, 6.45) is 0. The van der Waals surface area contributed by atoms with Crippen molar-refractivity contribution in [2.75, 3.05) is 11.9 Å². The number of benzene rings is 1. The van der Waals surface area contributed by atoms with Crippen molar-refractivity contribution in [3.05, 3.63) is 51.2 Å². The van der Waals surface area contributed by atoms with Crippen LogP contribution in [0.4, 0.5) is 5.69 Å². The predicted octanol–water partition coefficient (Wildman–Crippen LogP) is 5.34. The number of hydrogen-bond acceptors (Lipinski definition) is 2. The molecule has 0 aliphatic heterocycles. The summed E-state index contributed by atoms with van der Waals surface area (Å²) in [5, 5.41) is 2.84. The molecular weight excluding hydrogens is 285 g/mol. The normalized spacial score (nSPS) is 12.4. The van der Waals surface area contributed by atoms with Crippen LogP contribution in [-0.2, 0) is 5.88 Å². The molecule has 0 fully saturated rings. The molecule has 0 aliphatic rings. The van der Waals surface area contributed by atoms with Crippen LogP contribution in [0.1, 0.15) is 23.4 Å². The monoisotopic (exact) mass is 299 g/mol. The van der Waals surface area contributed by atoms with E-state index >= 15 is 0 Å². The SMILES string of the molecule is CC(c1cccs1)N(C)c1cc(Cl)ccc1CCl. The van der Waals surface area contributed by atoms with Gasteiger partial charge in [0.15, 0.2) is 0 Å². The van der Waals surface area contributed by atoms with E-state index in [1.165, 1.54) is 4.88 Å². The van der Waals surface area contributed by atoms with Crippen molar-refractivity contribution in [2.45, 2.75) is 18.8 Å². The summed E-state index contributed by atoms with van der Waals surface area (Å²) in [7, 11) is 2.08. The molecule has 0 radical (unpaired) electrons. The third-order valence-electron chi connectivity index (χ3n) is 3.11. The lowest BCUT2D eigenvalue weighted by Crippen LogP contribution is -2.21. The maximum absolute atomic E-state index is 6.08. The molecule has 0 saturated heterocycles. The molecule has 0 N–H and O–H groups in total. The van der Waals surface area contributed by atoms with Crippen LogP contribution in [0.25, 0.3) is 0 Å². The van der Waals surface area contributed by atoms with E-state index in [9.17, 15) is 0 Å². The Balaban J connectivity index is 2.33. The maximum atomic E-state index is 6.08. The van der Waals surface area contributed by atoms with Crippen LogP contribution in [0.2, 0.25) is 5.02 Å². The van der Waals surface area contributed by atoms with E-state index in [1.54, 1.807) is 11.3 Å². The van der Waals surface area contributed by atoms with Gasteiger partial charge in [0, 0.05) is 28.5 Å². The van der Waals surface area contributed by atoms with Crippen molar-refractivity contribution < 1.29 is 0 Å². The Bertz CT molecular complexity index is 511. The minimum absolute atomic E-state index is 0.311. The van der Waals surface area contributed by atoms with E-state index in [2.05, 4.69) is 36.4 Å². The summed E-state index contributed by atoms with van der Waals surface area (Å²) >= 11 is 13.8. The zero-order valence-electron chi connectivity index (χ0n) is 10.4. The summed E-state index contributed by atoms with van der Waals surface area (Å²) in [6.45, 7) is 2.19. The average molecular weight is 300 g/mol. The van der Waals surface area contributed by atoms with Gasteiger partial charge >= 0.3 is 0 Å². The first kappa shape index (κ1) is 13.7. The van der Waals surface area contributed by atoms with Gasteiger partial charge in [-0.15, -0.1) is 22.9 Å². The number of nitrogens with zero attached hydrogens (tertiary/aromatic N) is 1. The van der Waals surface area contributed by atoms with Crippen LogP contribution in [-0.4, -0.2) is 7.05 Å². The molecule has 1 aromatic carbocycles. The van der Waals surface area contributed by atoms with Crippen molar-refractivity contribution in [1.29, 1.82) is 0 Å². The number of hydrogen-bond donors (Lipinski definition) is 0. The van der Waals surface area contributed by atoms with Crippen LogP contribution >= 0.6 is 34.5 Å². The fourth-order valence-electron chi connectivity index (χ4n) is 1.91. The molecule has 1 nitrogen and oxygen atoms in total. The molecule has 1 heterocycles. The van der Waals surface area contributed by atoms with Crippen molar-refractivity contribution >= 4 is 40.2 Å². The number of thiophene rings is 1. The molecule has 0 aliphatic carbocycles. The van der Waals surface area contributed by atoms with Gasteiger partial charge in [-0.1, -0.05) is 23.7 Å². The van der Waals surface area contributed by atoms with E-state index in [-0.39, 0.29) is 0 Å². The van der Waals surface area contributed by atoms with Crippen LogP contribution in [0, 0.1) is 0 Å². The van der Waals surface area contributed by atoms with Gasteiger partial charge < -0.3 is 4.90 Å². The number of rotatable bonds is 4. The van der Waals surface area contributed by atoms with Crippen molar-refractivity contribution in [1.82, 2.24) is 0 Å². The fourth-order valence-corrected chi connectivity index (χ4v) is 3.13. The standard InChI is InChI=1S/C14H15Cl2NS/c1-10(14-4-3-7-18-14)17(2)13-8-12(16)6-5-11(13)9-15/h3-8,10H,9H2,1-2H3. The summed E-state index contributed by atoms with van der Waals surface area (Å²) in [5.41, 5.74) is 2.20. The predicted molar refractivity (Wildman–Crippen MR) is 82.1 cm³/mol. The van der Waals surface area contributed by atoms with Crippen LogP contribution < -0.4 is 4.90 Å². The molecule has 1 aromatic heterocycles. The van der Waals surface area contributed by atoms with Gasteiger partial charge in [-0.05, 0) is 36.1 Å². The lowest BCUT2D eigenvalue weighted by molar-refractivity contribution is 0.751. The fraction of sp³-hybridized carbons (Fsp3) is 0.286. The van der Waals surface area contributed by atoms with Gasteiger partial charge in [-0.2, -0.15) is 0 Å². The van der Waals surface area contributed by atoms with Gasteiger partial charge in [0.05, 0.1) is 6.04 Å². The first-order valence-electron chi connectivity index (χ1n) is 5.74. The smallest absolute Gasteiger partial charge is 0.0603 e. The molecule has 18 heavy (non-hydrogen) atoms. The quantitative estimate of drug-likeness (QED) is 0.689. The van der Waals surface area contributed by atoms with Crippen LogP contribution in [0.15, 0.2) is 35.7 Å². The summed E-state index contributed by atoms with van der Waals surface area (Å²) in [4.78, 5) is 3.55. The lowest BCUT2D eigenvalue weighted by Gasteiger charge is -2.28. The van der Waals surface area contributed by atoms with E-state index in [0.717, 1.165) is 16.3 Å². The second-order valence-electron chi connectivity index (χ2n) is 4.21. The highest BCUT2D eigenvalue weighted by Crippen LogP contribution is 2.32. The Kier molecular flexibility index (Phi) is 4.55. The molecule has 0 amide bonds. The second-order valence-corrected chi connectivity index (χ2v) is 5.89. The molecule has 0 bridgehead atoms. The van der Waals surface area contributed by atoms with Crippen LogP contribution in [0.3, 0.4) is 0 Å². The molecule has 96 valence electrons. The maximum Gasteiger partial charge on any atom is 0.0603 e. The molecule has 2 aromatic rings. The highest BCUT2D eigenvalue weighted by Gasteiger charge is 2.16. The minimum Gasteiger partial charge on any atom is -0.367 e. The molecule has 1 unspecified atom stereocenters. The van der Waals surface area contributed by atoms with E-state index in [1.807, 2.05) is 18.2 Å². The summed E-state index contributed by atoms with van der Waals surface area (Å²) in [6, 6.07) is 10.4. The molecule has 2 rings (SSSR count). The largest absolute Gasteiger partial charge is 0.367 e. The van der Waals surface area contributed by atoms with Gasteiger partial charge in [0.2, 0.25) is 0 Å². The lowest BCUT2D eigenvalue weighted by atomic mass is 10.1. The van der Waals surface area contributed by atoms with Gasteiger partial charge in [0.25, 0.3) is 0 Å². The molecule has 0 spiro atoms. The zero-order valence-corrected chi connectivity index (χ0v) is 12.7. The molecular formula is C14H15Cl2NS. The Morgan fingerprint density at radius 2 is 2.11 bits per heavy atom. The van der Waals surface area contributed by atoms with Gasteiger partial charge in [-0.3, -0.25) is 0 Å². The zero-order chi connectivity index (χ0) is 13.1. The highest BCUT2D eigenvalue weighted by atomic mass is 35.5. The summed E-state index contributed by atoms with van der Waals surface area (Å²) < 4.78 is 0. The summed E-state index contributed by atoms with van der Waals surface area (Å²) in [5.74, 6) is 0.494. The Labute approximate surface area is 122 Å². The number of alkyl halides is 1. The number of anilines is 1. The molecule has 1 atom stereocenters. The van der Waals surface area contributed by atoms with Crippen LogP contribution in [0.5, 0.6) is 0 Å². The van der Waals surface area contributed by atoms with Gasteiger partial charge in [-0.25, -0.2) is 0 Å². The number of halogens is 2. The van der Waals surface area contributed by atoms with Crippen molar-refractivity contribution in [2.24, 2.45) is 0 Å². The molecule has 4 heteroatoms.